The van der Waals surface area contributed by atoms with Gasteiger partial charge in [0.15, 0.2) is 11.5 Å². The average molecular weight is 293 g/mol. The van der Waals surface area contributed by atoms with Crippen molar-refractivity contribution in [3.8, 4) is 11.5 Å². The van der Waals surface area contributed by atoms with Crippen molar-refractivity contribution in [2.45, 2.75) is 19.4 Å². The Hall–Kier alpha value is -2.64. The molecule has 0 fully saturated rings. The molecule has 0 aromatic carbocycles. The Balaban J connectivity index is 2.30. The first-order valence-corrected chi connectivity index (χ1v) is 6.23. The first kappa shape index (κ1) is 14.8. The van der Waals surface area contributed by atoms with E-state index in [1.807, 2.05) is 0 Å². The SMILES string of the molecule is COc1ccnc(CN2N=C(C(=O)O)CCC2=O)c1OC. The first-order chi connectivity index (χ1) is 10.1. The predicted octanol–water partition coefficient (Wildman–Crippen LogP) is 0.662. The van der Waals surface area contributed by atoms with Gasteiger partial charge in [0.25, 0.3) is 0 Å². The second-order valence-corrected chi connectivity index (χ2v) is 4.30. The van der Waals surface area contributed by atoms with Crippen molar-refractivity contribution < 1.29 is 24.2 Å². The second-order valence-electron chi connectivity index (χ2n) is 4.30. The van der Waals surface area contributed by atoms with E-state index >= 15 is 0 Å². The zero-order valence-corrected chi connectivity index (χ0v) is 11.7. The van der Waals surface area contributed by atoms with E-state index in [1.54, 1.807) is 6.07 Å². The van der Waals surface area contributed by atoms with Crippen LogP contribution in [0.5, 0.6) is 11.5 Å². The van der Waals surface area contributed by atoms with Crippen molar-refractivity contribution in [3.05, 3.63) is 18.0 Å². The number of rotatable bonds is 5. The molecule has 1 aliphatic rings. The van der Waals surface area contributed by atoms with E-state index in [-0.39, 0.29) is 31.0 Å². The lowest BCUT2D eigenvalue weighted by molar-refractivity contribution is -0.133. The van der Waals surface area contributed by atoms with Crippen molar-refractivity contribution in [1.82, 2.24) is 9.99 Å². The average Bonchev–Trinajstić information content (AvgIpc) is 2.48. The number of aliphatic carboxylic acids is 1. The summed E-state index contributed by atoms with van der Waals surface area (Å²) in [6.07, 6.45) is 1.76. The fraction of sp³-hybridized carbons (Fsp3) is 0.385. The number of carboxylic acid groups (broad SMARTS) is 1. The number of carboxylic acids is 1. The molecule has 0 radical (unpaired) electrons. The van der Waals surface area contributed by atoms with Gasteiger partial charge >= 0.3 is 5.97 Å². The van der Waals surface area contributed by atoms with Crippen molar-refractivity contribution in [2.24, 2.45) is 5.10 Å². The van der Waals surface area contributed by atoms with Crippen molar-refractivity contribution in [1.29, 1.82) is 0 Å². The molecule has 0 saturated heterocycles. The summed E-state index contributed by atoms with van der Waals surface area (Å²) < 4.78 is 10.4. The maximum atomic E-state index is 11.8. The molecular formula is C13H15N3O5. The van der Waals surface area contributed by atoms with Gasteiger partial charge in [-0.15, -0.1) is 0 Å². The zero-order chi connectivity index (χ0) is 15.4. The molecule has 0 saturated carbocycles. The lowest BCUT2D eigenvalue weighted by atomic mass is 10.1. The predicted molar refractivity (Wildman–Crippen MR) is 72.2 cm³/mol. The third kappa shape index (κ3) is 3.10. The van der Waals surface area contributed by atoms with Gasteiger partial charge in [-0.05, 0) is 0 Å². The minimum absolute atomic E-state index is 0.0238. The number of carbonyl (C=O) groups excluding carboxylic acids is 1. The van der Waals surface area contributed by atoms with Crippen LogP contribution in [0, 0.1) is 0 Å². The Bertz CT molecular complexity index is 599. The van der Waals surface area contributed by atoms with Gasteiger partial charge in [-0.2, -0.15) is 5.10 Å². The van der Waals surface area contributed by atoms with Crippen LogP contribution in [0.15, 0.2) is 17.4 Å². The Morgan fingerprint density at radius 1 is 1.38 bits per heavy atom. The minimum atomic E-state index is -1.13. The van der Waals surface area contributed by atoms with Crippen LogP contribution in [0.25, 0.3) is 0 Å². The number of hydrogen-bond donors (Lipinski definition) is 1. The maximum absolute atomic E-state index is 11.8. The van der Waals surface area contributed by atoms with Crippen LogP contribution in [-0.2, 0) is 16.1 Å². The molecule has 8 heteroatoms. The number of pyridine rings is 1. The summed E-state index contributed by atoms with van der Waals surface area (Å²) in [6, 6.07) is 1.63. The highest BCUT2D eigenvalue weighted by atomic mass is 16.5. The molecule has 112 valence electrons. The number of aromatic nitrogens is 1. The van der Waals surface area contributed by atoms with E-state index in [9.17, 15) is 9.59 Å². The smallest absolute Gasteiger partial charge is 0.352 e. The summed E-state index contributed by atoms with van der Waals surface area (Å²) >= 11 is 0. The number of nitrogens with zero attached hydrogens (tertiary/aromatic N) is 3. The van der Waals surface area contributed by atoms with Gasteiger partial charge in [0, 0.05) is 25.1 Å². The van der Waals surface area contributed by atoms with Crippen LogP contribution in [0.2, 0.25) is 0 Å². The molecule has 2 rings (SSSR count). The molecule has 0 atom stereocenters. The lowest BCUT2D eigenvalue weighted by Crippen LogP contribution is -2.34. The number of amides is 1. The van der Waals surface area contributed by atoms with Gasteiger partial charge in [0.05, 0.1) is 20.8 Å². The summed E-state index contributed by atoms with van der Waals surface area (Å²) in [7, 11) is 2.96. The maximum Gasteiger partial charge on any atom is 0.352 e. The molecule has 1 amide bonds. The van der Waals surface area contributed by atoms with Gasteiger partial charge in [-0.25, -0.2) is 9.80 Å². The van der Waals surface area contributed by atoms with Gasteiger partial charge in [-0.1, -0.05) is 0 Å². The molecular weight excluding hydrogens is 278 g/mol. The summed E-state index contributed by atoms with van der Waals surface area (Å²) in [6.45, 7) is 0.0238. The summed E-state index contributed by atoms with van der Waals surface area (Å²) in [5.74, 6) is -0.510. The fourth-order valence-corrected chi connectivity index (χ4v) is 1.98. The van der Waals surface area contributed by atoms with Gasteiger partial charge in [-0.3, -0.25) is 9.78 Å². The van der Waals surface area contributed by atoms with Crippen LogP contribution in [0.1, 0.15) is 18.5 Å². The molecule has 0 bridgehead atoms. The summed E-state index contributed by atoms with van der Waals surface area (Å²) in [5, 5.41) is 13.9. The number of carbonyl (C=O) groups is 2. The highest BCUT2D eigenvalue weighted by Crippen LogP contribution is 2.30. The van der Waals surface area contributed by atoms with E-state index in [0.717, 1.165) is 5.01 Å². The van der Waals surface area contributed by atoms with Crippen molar-refractivity contribution in [2.75, 3.05) is 14.2 Å². The van der Waals surface area contributed by atoms with Crippen LogP contribution in [0.4, 0.5) is 0 Å². The van der Waals surface area contributed by atoms with Crippen molar-refractivity contribution in [3.63, 3.8) is 0 Å². The van der Waals surface area contributed by atoms with Crippen LogP contribution < -0.4 is 9.47 Å². The second kappa shape index (κ2) is 6.21. The van der Waals surface area contributed by atoms with Crippen LogP contribution >= 0.6 is 0 Å². The molecule has 1 aromatic rings. The Kier molecular flexibility index (Phi) is 4.36. The Morgan fingerprint density at radius 3 is 2.76 bits per heavy atom. The summed E-state index contributed by atoms with van der Waals surface area (Å²) in [4.78, 5) is 26.9. The highest BCUT2D eigenvalue weighted by Gasteiger charge is 2.26. The normalized spacial score (nSPS) is 14.7. The number of methoxy groups -OCH3 is 2. The third-order valence-corrected chi connectivity index (χ3v) is 3.02. The molecule has 1 N–H and O–H groups in total. The van der Waals surface area contributed by atoms with E-state index in [0.29, 0.717) is 17.2 Å². The van der Waals surface area contributed by atoms with Gasteiger partial charge in [0.1, 0.15) is 11.4 Å². The quantitative estimate of drug-likeness (QED) is 0.855. The lowest BCUT2D eigenvalue weighted by Gasteiger charge is -2.22. The topological polar surface area (TPSA) is 101 Å². The zero-order valence-electron chi connectivity index (χ0n) is 11.7. The van der Waals surface area contributed by atoms with Crippen molar-refractivity contribution >= 4 is 17.6 Å². The van der Waals surface area contributed by atoms with E-state index in [1.165, 1.54) is 20.4 Å². The van der Waals surface area contributed by atoms with Crippen LogP contribution in [0.3, 0.4) is 0 Å². The Labute approximate surface area is 121 Å². The largest absolute Gasteiger partial charge is 0.493 e. The molecule has 8 nitrogen and oxygen atoms in total. The third-order valence-electron chi connectivity index (χ3n) is 3.02. The molecule has 1 aromatic heterocycles. The highest BCUT2D eigenvalue weighted by molar-refractivity contribution is 6.36. The molecule has 0 unspecified atom stereocenters. The molecule has 0 spiro atoms. The first-order valence-electron chi connectivity index (χ1n) is 6.23. The minimum Gasteiger partial charge on any atom is -0.493 e. The van der Waals surface area contributed by atoms with E-state index in [2.05, 4.69) is 10.1 Å². The van der Waals surface area contributed by atoms with Gasteiger partial charge in [0.2, 0.25) is 5.91 Å². The summed E-state index contributed by atoms with van der Waals surface area (Å²) in [5.41, 5.74) is 0.400. The monoisotopic (exact) mass is 293 g/mol. The standard InChI is InChI=1S/C13H15N3O5/c1-20-10-5-6-14-9(12(10)21-2)7-16-11(17)4-3-8(15-16)13(18)19/h5-6H,3-4,7H2,1-2H3,(H,18,19). The van der Waals surface area contributed by atoms with Crippen LogP contribution in [-0.4, -0.2) is 46.9 Å². The molecule has 2 heterocycles. The fourth-order valence-electron chi connectivity index (χ4n) is 1.98. The molecule has 1 aliphatic heterocycles. The van der Waals surface area contributed by atoms with E-state index in [4.69, 9.17) is 14.6 Å². The molecule has 0 aliphatic carbocycles. The Morgan fingerprint density at radius 2 is 2.14 bits per heavy atom. The number of ether oxygens (including phenoxy) is 2. The molecule has 21 heavy (non-hydrogen) atoms. The number of hydrogen-bond acceptors (Lipinski definition) is 6. The van der Waals surface area contributed by atoms with E-state index < -0.39 is 5.97 Å². The van der Waals surface area contributed by atoms with Gasteiger partial charge < -0.3 is 14.6 Å². The number of hydrazone groups is 1.